The molecular weight excluding hydrogens is 261 g/mol. The van der Waals surface area contributed by atoms with Crippen molar-refractivity contribution in [3.63, 3.8) is 0 Å². The number of benzene rings is 1. The van der Waals surface area contributed by atoms with Crippen LogP contribution >= 0.6 is 11.8 Å². The van der Waals surface area contributed by atoms with E-state index in [0.29, 0.717) is 11.8 Å². The van der Waals surface area contributed by atoms with Gasteiger partial charge in [0.25, 0.3) is 11.1 Å². The van der Waals surface area contributed by atoms with Crippen molar-refractivity contribution in [3.05, 3.63) is 28.4 Å². The number of halogens is 1. The number of amides is 2. The van der Waals surface area contributed by atoms with E-state index in [4.69, 9.17) is 5.11 Å². The largest absolute Gasteiger partial charge is 0.504 e. The zero-order valence-corrected chi connectivity index (χ0v) is 9.99. The van der Waals surface area contributed by atoms with Crippen molar-refractivity contribution in [1.29, 1.82) is 0 Å². The lowest BCUT2D eigenvalue weighted by Gasteiger charge is -2.03. The monoisotopic (exact) mass is 269 g/mol. The summed E-state index contributed by atoms with van der Waals surface area (Å²) < 4.78 is 13.5. The maximum atomic E-state index is 13.5. The van der Waals surface area contributed by atoms with Gasteiger partial charge in [-0.25, -0.2) is 4.39 Å². The van der Waals surface area contributed by atoms with Crippen LogP contribution in [0, 0.1) is 5.82 Å². The van der Waals surface area contributed by atoms with E-state index in [-0.39, 0.29) is 10.5 Å². The van der Waals surface area contributed by atoms with Gasteiger partial charge < -0.3 is 10.2 Å². The molecule has 7 heteroatoms. The standard InChI is InChI=1S/C11H8FNO4S/c1-13-10(16)9(18-11(13)17)3-5-2-7(14)8(15)4-6(5)12/h2-4,14-15H,1H3/b9-3-. The summed E-state index contributed by atoms with van der Waals surface area (Å²) in [6.45, 7) is 0. The molecule has 1 aliphatic heterocycles. The van der Waals surface area contributed by atoms with Gasteiger partial charge >= 0.3 is 0 Å². The van der Waals surface area contributed by atoms with E-state index in [1.54, 1.807) is 0 Å². The third-order valence-electron chi connectivity index (χ3n) is 2.37. The Morgan fingerprint density at radius 1 is 1.28 bits per heavy atom. The Hall–Kier alpha value is -2.02. The van der Waals surface area contributed by atoms with Crippen LogP contribution in [0.25, 0.3) is 6.08 Å². The molecule has 1 aromatic rings. The van der Waals surface area contributed by atoms with Gasteiger partial charge in [0.2, 0.25) is 0 Å². The van der Waals surface area contributed by atoms with Gasteiger partial charge in [-0.05, 0) is 23.9 Å². The molecule has 1 fully saturated rings. The van der Waals surface area contributed by atoms with Crippen LogP contribution in [0.5, 0.6) is 11.5 Å². The van der Waals surface area contributed by atoms with E-state index in [9.17, 15) is 19.1 Å². The topological polar surface area (TPSA) is 77.8 Å². The Kier molecular flexibility index (Phi) is 3.00. The van der Waals surface area contributed by atoms with Crippen molar-refractivity contribution in [2.75, 3.05) is 7.05 Å². The van der Waals surface area contributed by atoms with Crippen LogP contribution in [-0.2, 0) is 4.79 Å². The normalized spacial score (nSPS) is 17.9. The number of phenolic OH excluding ortho intramolecular Hbond substituents is 2. The summed E-state index contributed by atoms with van der Waals surface area (Å²) in [5.41, 5.74) is -0.0794. The van der Waals surface area contributed by atoms with E-state index >= 15 is 0 Å². The second-order valence-electron chi connectivity index (χ2n) is 3.60. The second-order valence-corrected chi connectivity index (χ2v) is 4.60. The molecule has 0 radical (unpaired) electrons. The molecule has 5 nitrogen and oxygen atoms in total. The second kappa shape index (κ2) is 4.34. The number of phenols is 2. The Bertz CT molecular complexity index is 585. The maximum absolute atomic E-state index is 13.5. The molecule has 0 spiro atoms. The zero-order chi connectivity index (χ0) is 13.4. The van der Waals surface area contributed by atoms with Crippen LogP contribution in [0.15, 0.2) is 17.0 Å². The molecule has 2 amide bonds. The van der Waals surface area contributed by atoms with Gasteiger partial charge in [0.1, 0.15) is 5.82 Å². The summed E-state index contributed by atoms with van der Waals surface area (Å²) in [5.74, 6) is -2.42. The first kappa shape index (κ1) is 12.4. The van der Waals surface area contributed by atoms with Crippen molar-refractivity contribution < 1.29 is 24.2 Å². The highest BCUT2D eigenvalue weighted by Crippen LogP contribution is 2.34. The number of likely N-dealkylation sites (N-methyl/N-ethyl adjacent to an activating group) is 1. The Morgan fingerprint density at radius 3 is 2.44 bits per heavy atom. The summed E-state index contributed by atoms with van der Waals surface area (Å²) in [6, 6.07) is 1.71. The number of carbonyl (C=O) groups excluding carboxylic acids is 2. The van der Waals surface area contributed by atoms with E-state index in [1.807, 2.05) is 0 Å². The minimum absolute atomic E-state index is 0.0616. The molecule has 1 aromatic carbocycles. The van der Waals surface area contributed by atoms with Crippen LogP contribution in [0.2, 0.25) is 0 Å². The summed E-state index contributed by atoms with van der Waals surface area (Å²) in [7, 11) is 1.32. The average molecular weight is 269 g/mol. The number of nitrogens with zero attached hydrogens (tertiary/aromatic N) is 1. The van der Waals surface area contributed by atoms with Crippen LogP contribution < -0.4 is 0 Å². The number of hydrogen-bond acceptors (Lipinski definition) is 5. The molecule has 2 N–H and O–H groups in total. The van der Waals surface area contributed by atoms with Crippen molar-refractivity contribution >= 4 is 29.0 Å². The van der Waals surface area contributed by atoms with E-state index in [2.05, 4.69) is 0 Å². The molecule has 0 atom stereocenters. The molecule has 1 heterocycles. The van der Waals surface area contributed by atoms with E-state index < -0.39 is 28.5 Å². The van der Waals surface area contributed by atoms with Crippen LogP contribution in [0.1, 0.15) is 5.56 Å². The first-order valence-corrected chi connectivity index (χ1v) is 5.65. The number of rotatable bonds is 1. The van der Waals surface area contributed by atoms with Gasteiger partial charge in [-0.1, -0.05) is 0 Å². The summed E-state index contributed by atoms with van der Waals surface area (Å²) in [6.07, 6.45) is 1.16. The number of imide groups is 1. The molecule has 1 aliphatic rings. The van der Waals surface area contributed by atoms with Gasteiger partial charge in [0.05, 0.1) is 4.91 Å². The van der Waals surface area contributed by atoms with E-state index in [0.717, 1.165) is 23.1 Å². The maximum Gasteiger partial charge on any atom is 0.293 e. The van der Waals surface area contributed by atoms with Crippen molar-refractivity contribution in [2.24, 2.45) is 0 Å². The molecule has 0 saturated carbocycles. The zero-order valence-electron chi connectivity index (χ0n) is 9.18. The fourth-order valence-electron chi connectivity index (χ4n) is 1.36. The summed E-state index contributed by atoms with van der Waals surface area (Å²) in [4.78, 5) is 23.8. The molecule has 2 rings (SSSR count). The predicted octanol–water partition coefficient (Wildman–Crippen LogP) is 1.90. The number of carbonyl (C=O) groups is 2. The predicted molar refractivity (Wildman–Crippen MR) is 63.5 cm³/mol. The smallest absolute Gasteiger partial charge is 0.293 e. The van der Waals surface area contributed by atoms with Crippen LogP contribution in [0.4, 0.5) is 9.18 Å². The molecular formula is C11H8FNO4S. The lowest BCUT2D eigenvalue weighted by atomic mass is 10.1. The number of thioether (sulfide) groups is 1. The van der Waals surface area contributed by atoms with E-state index in [1.165, 1.54) is 7.05 Å². The molecule has 0 bridgehead atoms. The fraction of sp³-hybridized carbons (Fsp3) is 0.0909. The minimum atomic E-state index is -0.798. The highest BCUT2D eigenvalue weighted by Gasteiger charge is 2.32. The summed E-state index contributed by atoms with van der Waals surface area (Å²) in [5, 5.41) is 17.9. The van der Waals surface area contributed by atoms with Crippen molar-refractivity contribution in [2.45, 2.75) is 0 Å². The quantitative estimate of drug-likeness (QED) is 0.601. The molecule has 0 aromatic heterocycles. The number of hydrogen-bond donors (Lipinski definition) is 2. The molecule has 1 saturated heterocycles. The van der Waals surface area contributed by atoms with Crippen molar-refractivity contribution in [3.8, 4) is 11.5 Å². The van der Waals surface area contributed by atoms with Crippen molar-refractivity contribution in [1.82, 2.24) is 4.90 Å². The highest BCUT2D eigenvalue weighted by atomic mass is 32.2. The molecule has 0 unspecified atom stereocenters. The summed E-state index contributed by atoms with van der Waals surface area (Å²) >= 11 is 0.683. The number of aromatic hydroxyl groups is 2. The van der Waals surface area contributed by atoms with Crippen LogP contribution in [-0.4, -0.2) is 33.3 Å². The minimum Gasteiger partial charge on any atom is -0.504 e. The lowest BCUT2D eigenvalue weighted by molar-refractivity contribution is -0.121. The molecule has 94 valence electrons. The van der Waals surface area contributed by atoms with Gasteiger partial charge in [-0.3, -0.25) is 14.5 Å². The fourth-order valence-corrected chi connectivity index (χ4v) is 2.18. The Labute approximate surface area is 106 Å². The van der Waals surface area contributed by atoms with Gasteiger partial charge in [-0.15, -0.1) is 0 Å². The molecule has 18 heavy (non-hydrogen) atoms. The lowest BCUT2D eigenvalue weighted by Crippen LogP contribution is -2.22. The van der Waals surface area contributed by atoms with Gasteiger partial charge in [-0.2, -0.15) is 0 Å². The average Bonchev–Trinajstić information content (AvgIpc) is 2.54. The van der Waals surface area contributed by atoms with Crippen LogP contribution in [0.3, 0.4) is 0 Å². The third kappa shape index (κ3) is 2.04. The third-order valence-corrected chi connectivity index (χ3v) is 3.33. The van der Waals surface area contributed by atoms with Gasteiger partial charge in [0, 0.05) is 18.7 Å². The highest BCUT2D eigenvalue weighted by molar-refractivity contribution is 8.18. The Balaban J connectivity index is 2.43. The molecule has 0 aliphatic carbocycles. The van der Waals surface area contributed by atoms with Gasteiger partial charge in [0.15, 0.2) is 11.5 Å². The first-order chi connectivity index (χ1) is 8.40. The SMILES string of the molecule is CN1C(=O)S/C(=C\c2cc(O)c(O)cc2F)C1=O. The Morgan fingerprint density at radius 2 is 1.89 bits per heavy atom. The first-order valence-electron chi connectivity index (χ1n) is 4.83.